The Bertz CT molecular complexity index is 1070. The molecule has 31 heavy (non-hydrogen) atoms. The van der Waals surface area contributed by atoms with Crippen molar-refractivity contribution in [3.05, 3.63) is 59.2 Å². The van der Waals surface area contributed by atoms with E-state index in [1.807, 2.05) is 0 Å². The molecule has 0 aromatic heterocycles. The normalized spacial score (nSPS) is 16.5. The highest BCUT2D eigenvalue weighted by Crippen LogP contribution is 2.33. The number of aliphatic imine (C=N–C) groups is 2. The maximum atomic E-state index is 12.3. The fourth-order valence-corrected chi connectivity index (χ4v) is 3.88. The summed E-state index contributed by atoms with van der Waals surface area (Å²) < 4.78 is 15.4. The minimum atomic E-state index is -0.668. The van der Waals surface area contributed by atoms with Crippen LogP contribution in [0, 0.1) is 0 Å². The lowest BCUT2D eigenvalue weighted by molar-refractivity contribution is -0.137. The van der Waals surface area contributed by atoms with Crippen molar-refractivity contribution in [3.63, 3.8) is 0 Å². The number of benzene rings is 2. The number of ether oxygens (including phenoxy) is 3. The van der Waals surface area contributed by atoms with Crippen LogP contribution < -0.4 is 9.47 Å². The predicted molar refractivity (Wildman–Crippen MR) is 127 cm³/mol. The molecule has 0 saturated heterocycles. The molecule has 0 spiro atoms. The van der Waals surface area contributed by atoms with E-state index >= 15 is 0 Å². The molecule has 1 N–H and O–H groups in total. The summed E-state index contributed by atoms with van der Waals surface area (Å²) in [5.74, 6) is 0.356. The number of rotatable bonds is 6. The lowest BCUT2D eigenvalue weighted by Gasteiger charge is -2.19. The smallest absolute Gasteiger partial charge is 0.348 e. The van der Waals surface area contributed by atoms with E-state index in [-0.39, 0.29) is 27.8 Å². The third-order valence-corrected chi connectivity index (χ3v) is 5.55. The van der Waals surface area contributed by atoms with Crippen molar-refractivity contribution in [2.24, 2.45) is 9.98 Å². The Balaban J connectivity index is 2.08. The number of aliphatic hydroxyl groups is 1. The summed E-state index contributed by atoms with van der Waals surface area (Å²) in [6, 6.07) is 14.1. The molecule has 0 aliphatic carbocycles. The van der Waals surface area contributed by atoms with E-state index < -0.39 is 5.97 Å². The van der Waals surface area contributed by atoms with Crippen LogP contribution in [0.5, 0.6) is 11.5 Å². The maximum Gasteiger partial charge on any atom is 0.348 e. The molecular formula is C22H20N2O5S2. The highest BCUT2D eigenvalue weighted by atomic mass is 32.2. The maximum absolute atomic E-state index is 12.3. The zero-order chi connectivity index (χ0) is 22.4. The Hall–Kier alpha value is -3.17. The highest BCUT2D eigenvalue weighted by molar-refractivity contribution is 8.20. The van der Waals surface area contributed by atoms with Crippen LogP contribution in [0.15, 0.2) is 69.2 Å². The summed E-state index contributed by atoms with van der Waals surface area (Å²) in [7, 11) is 3.16. The molecule has 0 amide bonds. The number of hydrogen-bond donors (Lipinski definition) is 1. The number of carbonyl (C=O) groups excluding carboxylic acids is 1. The minimum Gasteiger partial charge on any atom is -0.505 e. The van der Waals surface area contributed by atoms with Crippen LogP contribution in [-0.4, -0.2) is 47.5 Å². The van der Waals surface area contributed by atoms with E-state index in [0.717, 1.165) is 11.8 Å². The molecule has 7 nitrogen and oxygen atoms in total. The third-order valence-electron chi connectivity index (χ3n) is 4.12. The molecule has 3 rings (SSSR count). The van der Waals surface area contributed by atoms with Crippen LogP contribution in [0.1, 0.15) is 6.92 Å². The number of thioether (sulfide) groups is 1. The molecule has 160 valence electrons. The van der Waals surface area contributed by atoms with Gasteiger partial charge in [0.05, 0.1) is 32.2 Å². The van der Waals surface area contributed by atoms with Gasteiger partial charge in [0, 0.05) is 0 Å². The Morgan fingerprint density at radius 1 is 0.968 bits per heavy atom. The van der Waals surface area contributed by atoms with Crippen molar-refractivity contribution in [2.75, 3.05) is 20.8 Å². The first-order chi connectivity index (χ1) is 15.0. The van der Waals surface area contributed by atoms with Gasteiger partial charge in [0.1, 0.15) is 32.0 Å². The first kappa shape index (κ1) is 22.5. The van der Waals surface area contributed by atoms with Gasteiger partial charge in [0.15, 0.2) is 5.76 Å². The quantitative estimate of drug-likeness (QED) is 0.486. The summed E-state index contributed by atoms with van der Waals surface area (Å²) in [5, 5.41) is 10.9. The second kappa shape index (κ2) is 10.2. The molecule has 0 saturated carbocycles. The topological polar surface area (TPSA) is 89.7 Å². The van der Waals surface area contributed by atoms with Gasteiger partial charge >= 0.3 is 5.97 Å². The first-order valence-corrected chi connectivity index (χ1v) is 10.5. The van der Waals surface area contributed by atoms with Crippen LogP contribution in [0.25, 0.3) is 0 Å². The number of carbonyl (C=O) groups is 1. The molecular weight excluding hydrogens is 436 g/mol. The van der Waals surface area contributed by atoms with Crippen molar-refractivity contribution in [1.82, 2.24) is 0 Å². The van der Waals surface area contributed by atoms with Gasteiger partial charge in [-0.3, -0.25) is 0 Å². The molecule has 9 heteroatoms. The van der Waals surface area contributed by atoms with E-state index in [2.05, 4.69) is 9.98 Å². The van der Waals surface area contributed by atoms with Gasteiger partial charge in [-0.2, -0.15) is 0 Å². The van der Waals surface area contributed by atoms with Gasteiger partial charge in [-0.15, -0.1) is 0 Å². The van der Waals surface area contributed by atoms with Crippen LogP contribution in [-0.2, 0) is 9.53 Å². The molecule has 0 bridgehead atoms. The molecule has 0 unspecified atom stereocenters. The lowest BCUT2D eigenvalue weighted by Crippen LogP contribution is -2.29. The lowest BCUT2D eigenvalue weighted by atomic mass is 10.2. The molecule has 1 aliphatic heterocycles. The van der Waals surface area contributed by atoms with Crippen molar-refractivity contribution in [2.45, 2.75) is 6.92 Å². The molecule has 0 fully saturated rings. The van der Waals surface area contributed by atoms with Gasteiger partial charge in [-0.1, -0.05) is 24.0 Å². The van der Waals surface area contributed by atoms with Gasteiger partial charge in [0.2, 0.25) is 0 Å². The number of allylic oxidation sites excluding steroid dienone is 1. The van der Waals surface area contributed by atoms with Crippen molar-refractivity contribution >= 4 is 56.9 Å². The standard InChI is InChI=1S/C22H20N2O5S2/c1-4-29-22(26)20-18(25)19(30)17(23-13-5-9-15(27-2)10-6-13)21(31-20)24-14-7-11-16(28-3)12-8-14/h5-12,25H,4H2,1-3H3. The van der Waals surface area contributed by atoms with Crippen molar-refractivity contribution in [1.29, 1.82) is 0 Å². The van der Waals surface area contributed by atoms with E-state index in [4.69, 9.17) is 26.4 Å². The number of methoxy groups -OCH3 is 2. The largest absolute Gasteiger partial charge is 0.505 e. The Kier molecular flexibility index (Phi) is 7.43. The average Bonchev–Trinajstić information content (AvgIpc) is 2.79. The number of aliphatic hydroxyl groups excluding tert-OH is 1. The summed E-state index contributed by atoms with van der Waals surface area (Å²) in [5.41, 5.74) is 1.48. The molecule has 2 aromatic carbocycles. The fraction of sp³-hybridized carbons (Fsp3) is 0.182. The van der Waals surface area contributed by atoms with E-state index in [9.17, 15) is 9.90 Å². The average molecular weight is 457 g/mol. The molecule has 1 heterocycles. The second-order valence-corrected chi connectivity index (χ2v) is 7.51. The van der Waals surface area contributed by atoms with E-state index in [1.54, 1.807) is 69.7 Å². The van der Waals surface area contributed by atoms with Gasteiger partial charge in [-0.25, -0.2) is 14.8 Å². The van der Waals surface area contributed by atoms with Gasteiger partial charge in [0.25, 0.3) is 0 Å². The summed E-state index contributed by atoms with van der Waals surface area (Å²) in [4.78, 5) is 21.5. The fourth-order valence-electron chi connectivity index (χ4n) is 2.57. The second-order valence-electron chi connectivity index (χ2n) is 6.10. The summed E-state index contributed by atoms with van der Waals surface area (Å²) in [6.07, 6.45) is 0. The highest BCUT2D eigenvalue weighted by Gasteiger charge is 2.33. The Labute approximate surface area is 189 Å². The molecule has 1 aliphatic rings. The SMILES string of the molecule is CCOC(=O)C1=C(O)C(=S)C(=Nc2ccc(OC)cc2)C(=Nc2ccc(OC)cc2)S1. The zero-order valence-corrected chi connectivity index (χ0v) is 18.8. The summed E-state index contributed by atoms with van der Waals surface area (Å²) >= 11 is 6.39. The van der Waals surface area contributed by atoms with Crippen LogP contribution >= 0.6 is 24.0 Å². The Morgan fingerprint density at radius 3 is 1.97 bits per heavy atom. The van der Waals surface area contributed by atoms with E-state index in [1.165, 1.54) is 0 Å². The zero-order valence-electron chi connectivity index (χ0n) is 17.1. The molecule has 2 aromatic rings. The number of nitrogens with zero attached hydrogens (tertiary/aromatic N) is 2. The Morgan fingerprint density at radius 2 is 1.48 bits per heavy atom. The minimum absolute atomic E-state index is 0.0184. The van der Waals surface area contributed by atoms with Crippen molar-refractivity contribution in [3.8, 4) is 11.5 Å². The molecule has 0 radical (unpaired) electrons. The van der Waals surface area contributed by atoms with Gasteiger partial charge < -0.3 is 19.3 Å². The molecule has 0 atom stereocenters. The van der Waals surface area contributed by atoms with E-state index in [0.29, 0.717) is 27.9 Å². The van der Waals surface area contributed by atoms with Crippen molar-refractivity contribution < 1.29 is 24.1 Å². The first-order valence-electron chi connectivity index (χ1n) is 9.25. The predicted octanol–water partition coefficient (Wildman–Crippen LogP) is 4.96. The number of esters is 1. The monoisotopic (exact) mass is 456 g/mol. The third kappa shape index (κ3) is 5.31. The van der Waals surface area contributed by atoms with Crippen LogP contribution in [0.4, 0.5) is 11.4 Å². The number of thiocarbonyl (C=S) groups is 1. The van der Waals surface area contributed by atoms with Gasteiger partial charge in [-0.05, 0) is 55.5 Å². The van der Waals surface area contributed by atoms with Crippen LogP contribution in [0.3, 0.4) is 0 Å². The number of hydrogen-bond acceptors (Lipinski definition) is 9. The summed E-state index contributed by atoms with van der Waals surface area (Å²) in [6.45, 7) is 1.85. The van der Waals surface area contributed by atoms with Crippen LogP contribution in [0.2, 0.25) is 0 Å².